The minimum atomic E-state index is 0.424. The number of nitrogens with two attached hydrogens (primary N) is 1. The highest BCUT2D eigenvalue weighted by atomic mass is 32.2. The van der Waals surface area contributed by atoms with Crippen molar-refractivity contribution in [2.24, 2.45) is 5.73 Å². The van der Waals surface area contributed by atoms with Gasteiger partial charge >= 0.3 is 0 Å². The van der Waals surface area contributed by atoms with Crippen LogP contribution in [0.2, 0.25) is 0 Å². The molecule has 3 nitrogen and oxygen atoms in total. The van der Waals surface area contributed by atoms with Crippen molar-refractivity contribution in [1.29, 1.82) is 0 Å². The van der Waals surface area contributed by atoms with Crippen LogP contribution in [0, 0.1) is 0 Å². The molecule has 0 aliphatic heterocycles. The first-order chi connectivity index (χ1) is 8.69. The summed E-state index contributed by atoms with van der Waals surface area (Å²) >= 11 is 1.80. The van der Waals surface area contributed by atoms with E-state index >= 15 is 0 Å². The molecular formula is C14H19N3S. The standard InChI is InChI=1S/C14H19N3S/c1-11(2)17-8-7-13(16-17)10-18-14-5-3-12(9-15)4-6-14/h3-8,11H,9-10,15H2,1-2H3. The van der Waals surface area contributed by atoms with E-state index < -0.39 is 0 Å². The molecule has 0 unspecified atom stereocenters. The maximum atomic E-state index is 5.58. The number of thioether (sulfide) groups is 1. The van der Waals surface area contributed by atoms with E-state index in [2.05, 4.69) is 49.3 Å². The summed E-state index contributed by atoms with van der Waals surface area (Å²) in [5, 5.41) is 4.53. The zero-order valence-corrected chi connectivity index (χ0v) is 11.7. The first kappa shape index (κ1) is 13.2. The van der Waals surface area contributed by atoms with Crippen LogP contribution in [0.5, 0.6) is 0 Å². The Morgan fingerprint density at radius 1 is 1.22 bits per heavy atom. The van der Waals surface area contributed by atoms with Crippen LogP contribution >= 0.6 is 11.8 Å². The summed E-state index contributed by atoms with van der Waals surface area (Å²) in [6.45, 7) is 4.87. The van der Waals surface area contributed by atoms with Gasteiger partial charge in [0.15, 0.2) is 0 Å². The monoisotopic (exact) mass is 261 g/mol. The molecule has 4 heteroatoms. The van der Waals surface area contributed by atoms with Crippen LogP contribution in [0.3, 0.4) is 0 Å². The summed E-state index contributed by atoms with van der Waals surface area (Å²) in [4.78, 5) is 1.26. The molecule has 0 saturated heterocycles. The Morgan fingerprint density at radius 2 is 1.94 bits per heavy atom. The SMILES string of the molecule is CC(C)n1ccc(CSc2ccc(CN)cc2)n1. The molecule has 2 rings (SSSR count). The summed E-state index contributed by atoms with van der Waals surface area (Å²) in [6, 6.07) is 10.9. The second-order valence-electron chi connectivity index (χ2n) is 4.52. The van der Waals surface area contributed by atoms with Gasteiger partial charge < -0.3 is 5.73 Å². The van der Waals surface area contributed by atoms with Crippen LogP contribution < -0.4 is 5.73 Å². The quantitative estimate of drug-likeness (QED) is 0.840. The number of rotatable bonds is 5. The maximum Gasteiger partial charge on any atom is 0.0727 e. The number of hydrogen-bond acceptors (Lipinski definition) is 3. The van der Waals surface area contributed by atoms with E-state index in [-0.39, 0.29) is 0 Å². The van der Waals surface area contributed by atoms with Crippen LogP contribution in [0.4, 0.5) is 0 Å². The number of nitrogens with zero attached hydrogens (tertiary/aromatic N) is 2. The zero-order chi connectivity index (χ0) is 13.0. The summed E-state index contributed by atoms with van der Waals surface area (Å²) in [6.07, 6.45) is 2.04. The Labute approximate surface area is 112 Å². The molecule has 1 heterocycles. The van der Waals surface area contributed by atoms with E-state index in [0.717, 1.165) is 11.4 Å². The van der Waals surface area contributed by atoms with Gasteiger partial charge in [-0.2, -0.15) is 5.10 Å². The highest BCUT2D eigenvalue weighted by Crippen LogP contribution is 2.22. The second-order valence-corrected chi connectivity index (χ2v) is 5.57. The second kappa shape index (κ2) is 6.07. The maximum absolute atomic E-state index is 5.58. The van der Waals surface area contributed by atoms with E-state index in [4.69, 9.17) is 5.73 Å². The lowest BCUT2D eigenvalue weighted by atomic mass is 10.2. The van der Waals surface area contributed by atoms with Crippen molar-refractivity contribution in [3.05, 3.63) is 47.8 Å². The van der Waals surface area contributed by atoms with Crippen LogP contribution in [-0.4, -0.2) is 9.78 Å². The largest absolute Gasteiger partial charge is 0.326 e. The van der Waals surface area contributed by atoms with Crippen LogP contribution in [0.15, 0.2) is 41.4 Å². The van der Waals surface area contributed by atoms with Gasteiger partial charge in [-0.05, 0) is 37.6 Å². The molecule has 0 fully saturated rings. The molecule has 0 atom stereocenters. The predicted octanol–water partition coefficient (Wildman–Crippen LogP) is 3.22. The van der Waals surface area contributed by atoms with Crippen molar-refractivity contribution in [2.75, 3.05) is 0 Å². The Bertz CT molecular complexity index is 488. The minimum absolute atomic E-state index is 0.424. The lowest BCUT2D eigenvalue weighted by Crippen LogP contribution is -2.01. The Hall–Kier alpha value is -1.26. The third-order valence-corrected chi connectivity index (χ3v) is 3.78. The summed E-state index contributed by atoms with van der Waals surface area (Å²) in [5.74, 6) is 0.904. The summed E-state index contributed by atoms with van der Waals surface area (Å²) in [5.41, 5.74) is 7.87. The van der Waals surface area contributed by atoms with E-state index in [1.165, 1.54) is 10.5 Å². The van der Waals surface area contributed by atoms with Gasteiger partial charge in [-0.25, -0.2) is 0 Å². The molecule has 0 bridgehead atoms. The van der Waals surface area contributed by atoms with Gasteiger partial charge in [0, 0.05) is 29.4 Å². The first-order valence-electron chi connectivity index (χ1n) is 6.15. The molecule has 1 aromatic heterocycles. The van der Waals surface area contributed by atoms with Crippen LogP contribution in [-0.2, 0) is 12.3 Å². The topological polar surface area (TPSA) is 43.8 Å². The van der Waals surface area contributed by atoms with Crippen molar-refractivity contribution < 1.29 is 0 Å². The highest BCUT2D eigenvalue weighted by molar-refractivity contribution is 7.98. The van der Waals surface area contributed by atoms with Gasteiger partial charge in [0.1, 0.15) is 0 Å². The van der Waals surface area contributed by atoms with Crippen molar-refractivity contribution in [2.45, 2.75) is 37.1 Å². The molecular weight excluding hydrogens is 242 g/mol. The molecule has 0 amide bonds. The smallest absolute Gasteiger partial charge is 0.0727 e. The van der Waals surface area contributed by atoms with E-state index in [9.17, 15) is 0 Å². The molecule has 2 aromatic rings. The highest BCUT2D eigenvalue weighted by Gasteiger charge is 2.03. The number of aromatic nitrogens is 2. The third-order valence-electron chi connectivity index (χ3n) is 2.74. The lowest BCUT2D eigenvalue weighted by molar-refractivity contribution is 0.529. The van der Waals surface area contributed by atoms with Crippen molar-refractivity contribution in [3.8, 4) is 0 Å². The Kier molecular flexibility index (Phi) is 4.44. The van der Waals surface area contributed by atoms with Crippen LogP contribution in [0.25, 0.3) is 0 Å². The van der Waals surface area contributed by atoms with Gasteiger partial charge in [0.2, 0.25) is 0 Å². The average Bonchev–Trinajstić information content (AvgIpc) is 2.86. The Morgan fingerprint density at radius 3 is 2.50 bits per heavy atom. The number of hydrogen-bond donors (Lipinski definition) is 1. The fourth-order valence-electron chi connectivity index (χ4n) is 1.62. The van der Waals surface area contributed by atoms with Gasteiger partial charge in [0.25, 0.3) is 0 Å². The predicted molar refractivity (Wildman–Crippen MR) is 76.5 cm³/mol. The first-order valence-corrected chi connectivity index (χ1v) is 7.13. The minimum Gasteiger partial charge on any atom is -0.326 e. The van der Waals surface area contributed by atoms with Gasteiger partial charge in [-0.1, -0.05) is 12.1 Å². The molecule has 0 spiro atoms. The normalized spacial score (nSPS) is 11.1. The van der Waals surface area contributed by atoms with Crippen molar-refractivity contribution in [3.63, 3.8) is 0 Å². The van der Waals surface area contributed by atoms with Crippen molar-refractivity contribution >= 4 is 11.8 Å². The fourth-order valence-corrected chi connectivity index (χ4v) is 2.42. The molecule has 0 aliphatic rings. The fraction of sp³-hybridized carbons (Fsp3) is 0.357. The van der Waals surface area contributed by atoms with Gasteiger partial charge in [0.05, 0.1) is 5.69 Å². The summed E-state index contributed by atoms with van der Waals surface area (Å²) in [7, 11) is 0. The molecule has 1 aromatic carbocycles. The molecule has 0 radical (unpaired) electrons. The lowest BCUT2D eigenvalue weighted by Gasteiger charge is -2.04. The average molecular weight is 261 g/mol. The molecule has 96 valence electrons. The van der Waals surface area contributed by atoms with E-state index in [1.54, 1.807) is 11.8 Å². The van der Waals surface area contributed by atoms with E-state index in [0.29, 0.717) is 12.6 Å². The Balaban J connectivity index is 1.93. The number of benzene rings is 1. The van der Waals surface area contributed by atoms with Gasteiger partial charge in [-0.3, -0.25) is 4.68 Å². The van der Waals surface area contributed by atoms with E-state index in [1.807, 2.05) is 10.9 Å². The van der Waals surface area contributed by atoms with Crippen molar-refractivity contribution in [1.82, 2.24) is 9.78 Å². The molecule has 18 heavy (non-hydrogen) atoms. The zero-order valence-electron chi connectivity index (χ0n) is 10.8. The third kappa shape index (κ3) is 3.37. The van der Waals surface area contributed by atoms with Gasteiger partial charge in [-0.15, -0.1) is 11.8 Å². The van der Waals surface area contributed by atoms with Crippen LogP contribution in [0.1, 0.15) is 31.1 Å². The molecule has 0 saturated carbocycles. The molecule has 0 aliphatic carbocycles. The summed E-state index contributed by atoms with van der Waals surface area (Å²) < 4.78 is 1.99. The molecule has 2 N–H and O–H groups in total.